The second-order valence-corrected chi connectivity index (χ2v) is 6.77. The minimum absolute atomic E-state index is 0.128. The van der Waals surface area contributed by atoms with E-state index in [-0.39, 0.29) is 11.8 Å². The molecule has 0 heterocycles. The number of carbonyl (C=O) groups is 2. The van der Waals surface area contributed by atoms with Crippen molar-refractivity contribution >= 4 is 23.2 Å². The number of para-hydroxylation sites is 2. The van der Waals surface area contributed by atoms with Crippen LogP contribution in [0.25, 0.3) is 0 Å². The van der Waals surface area contributed by atoms with Crippen LogP contribution in [0.4, 0.5) is 11.4 Å². The van der Waals surface area contributed by atoms with Crippen molar-refractivity contribution in [3.63, 3.8) is 0 Å². The van der Waals surface area contributed by atoms with Gasteiger partial charge in [-0.1, -0.05) is 30.3 Å². The first-order chi connectivity index (χ1) is 15.1. The van der Waals surface area contributed by atoms with E-state index in [0.717, 1.165) is 5.69 Å². The van der Waals surface area contributed by atoms with E-state index < -0.39 is 0 Å². The molecule has 31 heavy (non-hydrogen) atoms. The molecule has 2 amide bonds. The number of anilines is 2. The van der Waals surface area contributed by atoms with Crippen molar-refractivity contribution in [2.45, 2.75) is 6.92 Å². The lowest BCUT2D eigenvalue weighted by Gasteiger charge is -2.17. The predicted octanol–water partition coefficient (Wildman–Crippen LogP) is 4.63. The first kappa shape index (κ1) is 22.1. The summed E-state index contributed by atoms with van der Waals surface area (Å²) >= 11 is 0. The van der Waals surface area contributed by atoms with Gasteiger partial charge in [0, 0.05) is 30.6 Å². The number of amides is 2. The molecule has 0 radical (unpaired) electrons. The lowest BCUT2D eigenvalue weighted by atomic mass is 10.1. The van der Waals surface area contributed by atoms with Gasteiger partial charge in [-0.05, 0) is 55.5 Å². The van der Waals surface area contributed by atoms with Gasteiger partial charge in [0.2, 0.25) is 0 Å². The van der Waals surface area contributed by atoms with Gasteiger partial charge >= 0.3 is 0 Å². The molecule has 0 aliphatic carbocycles. The minimum Gasteiger partial charge on any atom is -0.490 e. The third-order valence-corrected chi connectivity index (χ3v) is 4.66. The molecule has 0 spiro atoms. The van der Waals surface area contributed by atoms with Crippen LogP contribution in [0.1, 0.15) is 27.6 Å². The predicted molar refractivity (Wildman–Crippen MR) is 122 cm³/mol. The topological polar surface area (TPSA) is 67.9 Å². The van der Waals surface area contributed by atoms with Gasteiger partial charge in [-0.15, -0.1) is 0 Å². The van der Waals surface area contributed by atoms with E-state index in [0.29, 0.717) is 42.4 Å². The second-order valence-electron chi connectivity index (χ2n) is 6.77. The van der Waals surface area contributed by atoms with Crippen LogP contribution in [-0.2, 0) is 4.74 Å². The van der Waals surface area contributed by atoms with Crippen molar-refractivity contribution in [2.75, 3.05) is 37.1 Å². The van der Waals surface area contributed by atoms with E-state index in [4.69, 9.17) is 9.47 Å². The summed E-state index contributed by atoms with van der Waals surface area (Å²) in [6.45, 7) is 3.36. The molecule has 0 unspecified atom stereocenters. The fraction of sp³-hybridized carbons (Fsp3) is 0.200. The van der Waals surface area contributed by atoms with Crippen molar-refractivity contribution in [1.29, 1.82) is 0 Å². The zero-order chi connectivity index (χ0) is 22.1. The first-order valence-corrected chi connectivity index (χ1v) is 10.1. The van der Waals surface area contributed by atoms with E-state index in [1.165, 1.54) is 0 Å². The summed E-state index contributed by atoms with van der Waals surface area (Å²) in [5, 5.41) is 2.85. The highest BCUT2D eigenvalue weighted by molar-refractivity contribution is 6.08. The number of nitrogens with one attached hydrogen (secondary N) is 1. The van der Waals surface area contributed by atoms with E-state index in [1.54, 1.807) is 54.4 Å². The number of benzene rings is 3. The van der Waals surface area contributed by atoms with E-state index in [9.17, 15) is 9.59 Å². The standard InChI is InChI=1S/C25H26N2O4/c1-3-30-17-18-31-23-12-8-7-11-22(23)24(28)26-20-15-13-19(14-16-20)25(29)27(2)21-9-5-4-6-10-21/h4-16H,3,17-18H2,1-2H3,(H,26,28). The molecule has 3 rings (SSSR count). The Labute approximate surface area is 182 Å². The lowest BCUT2D eigenvalue weighted by molar-refractivity contribution is 0.0989. The van der Waals surface area contributed by atoms with Crippen molar-refractivity contribution in [3.8, 4) is 5.75 Å². The molecule has 0 aliphatic heterocycles. The molecule has 0 aliphatic rings. The number of hydrogen-bond donors (Lipinski definition) is 1. The van der Waals surface area contributed by atoms with Crippen LogP contribution in [0.3, 0.4) is 0 Å². The summed E-state index contributed by atoms with van der Waals surface area (Å²) in [6.07, 6.45) is 0. The quantitative estimate of drug-likeness (QED) is 0.515. The van der Waals surface area contributed by atoms with Crippen molar-refractivity contribution < 1.29 is 19.1 Å². The van der Waals surface area contributed by atoms with Crippen LogP contribution >= 0.6 is 0 Å². The molecule has 6 heteroatoms. The van der Waals surface area contributed by atoms with Crippen LogP contribution in [0.15, 0.2) is 78.9 Å². The average molecular weight is 418 g/mol. The molecule has 160 valence electrons. The normalized spacial score (nSPS) is 10.4. The van der Waals surface area contributed by atoms with Crippen LogP contribution < -0.4 is 15.0 Å². The van der Waals surface area contributed by atoms with E-state index in [2.05, 4.69) is 5.32 Å². The summed E-state index contributed by atoms with van der Waals surface area (Å²) in [7, 11) is 1.73. The number of hydrogen-bond acceptors (Lipinski definition) is 4. The van der Waals surface area contributed by atoms with Gasteiger partial charge in [-0.25, -0.2) is 0 Å². The third kappa shape index (κ3) is 5.93. The van der Waals surface area contributed by atoms with Gasteiger partial charge in [0.25, 0.3) is 11.8 Å². The first-order valence-electron chi connectivity index (χ1n) is 10.1. The van der Waals surface area contributed by atoms with Gasteiger partial charge in [0.05, 0.1) is 12.2 Å². The Hall–Kier alpha value is -3.64. The zero-order valence-corrected chi connectivity index (χ0v) is 17.7. The van der Waals surface area contributed by atoms with Crippen LogP contribution in [0, 0.1) is 0 Å². The number of nitrogens with zero attached hydrogens (tertiary/aromatic N) is 1. The smallest absolute Gasteiger partial charge is 0.259 e. The average Bonchev–Trinajstić information content (AvgIpc) is 2.82. The Morgan fingerprint density at radius 2 is 1.55 bits per heavy atom. The SMILES string of the molecule is CCOCCOc1ccccc1C(=O)Nc1ccc(C(=O)N(C)c2ccccc2)cc1. The largest absolute Gasteiger partial charge is 0.490 e. The Kier molecular flexibility index (Phi) is 7.79. The zero-order valence-electron chi connectivity index (χ0n) is 17.7. The van der Waals surface area contributed by atoms with Crippen molar-refractivity contribution in [1.82, 2.24) is 0 Å². The van der Waals surface area contributed by atoms with Gasteiger partial charge in [-0.2, -0.15) is 0 Å². The molecule has 3 aromatic rings. The Morgan fingerprint density at radius 1 is 0.871 bits per heavy atom. The lowest BCUT2D eigenvalue weighted by Crippen LogP contribution is -2.26. The summed E-state index contributed by atoms with van der Waals surface area (Å²) in [4.78, 5) is 27.0. The van der Waals surface area contributed by atoms with Crippen LogP contribution in [0.5, 0.6) is 5.75 Å². The van der Waals surface area contributed by atoms with Gasteiger partial charge in [0.1, 0.15) is 12.4 Å². The third-order valence-electron chi connectivity index (χ3n) is 4.66. The number of ether oxygens (including phenoxy) is 2. The second kappa shape index (κ2) is 10.9. The maximum atomic E-state index is 12.7. The van der Waals surface area contributed by atoms with E-state index in [1.807, 2.05) is 43.3 Å². The van der Waals surface area contributed by atoms with Gasteiger partial charge in [-0.3, -0.25) is 9.59 Å². The van der Waals surface area contributed by atoms with Gasteiger partial charge in [0.15, 0.2) is 0 Å². The Balaban J connectivity index is 1.65. The van der Waals surface area contributed by atoms with Crippen molar-refractivity contribution in [3.05, 3.63) is 90.0 Å². The fourth-order valence-corrected chi connectivity index (χ4v) is 2.99. The maximum Gasteiger partial charge on any atom is 0.259 e. The van der Waals surface area contributed by atoms with Crippen LogP contribution in [-0.4, -0.2) is 38.7 Å². The summed E-state index contributed by atoms with van der Waals surface area (Å²) in [6, 6.07) is 23.3. The molecular weight excluding hydrogens is 392 g/mol. The number of rotatable bonds is 9. The highest BCUT2D eigenvalue weighted by Gasteiger charge is 2.15. The molecule has 0 bridgehead atoms. The molecular formula is C25H26N2O4. The Morgan fingerprint density at radius 3 is 2.26 bits per heavy atom. The molecule has 0 fully saturated rings. The molecule has 6 nitrogen and oxygen atoms in total. The van der Waals surface area contributed by atoms with Gasteiger partial charge < -0.3 is 19.7 Å². The molecule has 0 atom stereocenters. The molecule has 3 aromatic carbocycles. The molecule has 0 saturated heterocycles. The molecule has 1 N–H and O–H groups in total. The minimum atomic E-state index is -0.285. The van der Waals surface area contributed by atoms with Crippen molar-refractivity contribution in [2.24, 2.45) is 0 Å². The molecule has 0 saturated carbocycles. The van der Waals surface area contributed by atoms with E-state index >= 15 is 0 Å². The molecule has 0 aromatic heterocycles. The highest BCUT2D eigenvalue weighted by atomic mass is 16.5. The summed E-state index contributed by atoms with van der Waals surface area (Å²) in [5.74, 6) is 0.0839. The highest BCUT2D eigenvalue weighted by Crippen LogP contribution is 2.21. The maximum absolute atomic E-state index is 12.7. The summed E-state index contributed by atoms with van der Waals surface area (Å²) in [5.41, 5.74) is 2.37. The fourth-order valence-electron chi connectivity index (χ4n) is 2.99. The monoisotopic (exact) mass is 418 g/mol. The summed E-state index contributed by atoms with van der Waals surface area (Å²) < 4.78 is 11.0. The Bertz CT molecular complexity index is 1000. The number of carbonyl (C=O) groups excluding carboxylic acids is 2. The van der Waals surface area contributed by atoms with Crippen LogP contribution in [0.2, 0.25) is 0 Å².